The number of nitrogens with one attached hydrogen (secondary N) is 1. The Bertz CT molecular complexity index is 1200. The molecule has 31 heavy (non-hydrogen) atoms. The smallest absolute Gasteiger partial charge is 0.288 e. The number of nitro groups is 1. The number of nitro benzene ring substituents is 1. The van der Waals surface area contributed by atoms with Crippen LogP contribution in [-0.4, -0.2) is 28.2 Å². The van der Waals surface area contributed by atoms with Crippen LogP contribution in [-0.2, 0) is 4.79 Å². The van der Waals surface area contributed by atoms with Gasteiger partial charge in [-0.05, 0) is 35.9 Å². The molecule has 1 unspecified atom stereocenters. The highest BCUT2D eigenvalue weighted by Gasteiger charge is 2.34. The maximum absolute atomic E-state index is 13.5. The highest BCUT2D eigenvalue weighted by atomic mass is 35.5. The Labute approximate surface area is 187 Å². The molecule has 1 N–H and O–H groups in total. The van der Waals surface area contributed by atoms with E-state index >= 15 is 0 Å². The Morgan fingerprint density at radius 2 is 1.81 bits per heavy atom. The second-order valence-electron chi connectivity index (χ2n) is 6.95. The van der Waals surface area contributed by atoms with Crippen molar-refractivity contribution in [3.05, 3.63) is 104 Å². The van der Waals surface area contributed by atoms with Crippen LogP contribution in [0.3, 0.4) is 0 Å². The zero-order chi connectivity index (χ0) is 22.1. The van der Waals surface area contributed by atoms with E-state index in [0.717, 1.165) is 11.6 Å². The summed E-state index contributed by atoms with van der Waals surface area (Å²) in [5, 5.41) is 14.5. The quantitative estimate of drug-likeness (QED) is 0.439. The maximum Gasteiger partial charge on any atom is 0.288 e. The Balaban J connectivity index is 1.88. The lowest BCUT2D eigenvalue weighted by atomic mass is 9.95. The van der Waals surface area contributed by atoms with E-state index in [1.807, 2.05) is 30.3 Å². The number of hydrogen-bond acceptors (Lipinski definition) is 4. The summed E-state index contributed by atoms with van der Waals surface area (Å²) < 4.78 is 0. The molecule has 1 aliphatic rings. The first-order valence-corrected chi connectivity index (χ1v) is 10.00. The monoisotopic (exact) mass is 455 g/mol. The maximum atomic E-state index is 13.5. The fourth-order valence-corrected chi connectivity index (χ4v) is 3.98. The van der Waals surface area contributed by atoms with Gasteiger partial charge in [-0.3, -0.25) is 19.7 Å². The summed E-state index contributed by atoms with van der Waals surface area (Å²) in [6.07, 6.45) is 0. The lowest BCUT2D eigenvalue weighted by Crippen LogP contribution is -2.39. The number of nitrogens with zero attached hydrogens (tertiary/aromatic N) is 2. The van der Waals surface area contributed by atoms with Crippen molar-refractivity contribution in [3.63, 3.8) is 0 Å². The van der Waals surface area contributed by atoms with Crippen molar-refractivity contribution in [2.75, 3.05) is 11.9 Å². The molecule has 0 saturated heterocycles. The van der Waals surface area contributed by atoms with Crippen LogP contribution in [0.4, 0.5) is 11.4 Å². The molecular weight excluding hydrogens is 441 g/mol. The van der Waals surface area contributed by atoms with Crippen LogP contribution in [0.5, 0.6) is 0 Å². The highest BCUT2D eigenvalue weighted by molar-refractivity contribution is 6.32. The molecule has 2 amide bonds. The van der Waals surface area contributed by atoms with E-state index in [-0.39, 0.29) is 28.7 Å². The van der Waals surface area contributed by atoms with E-state index in [9.17, 15) is 19.7 Å². The summed E-state index contributed by atoms with van der Waals surface area (Å²) in [5.41, 5.74) is 1.61. The Kier molecular flexibility index (Phi) is 5.63. The van der Waals surface area contributed by atoms with Gasteiger partial charge in [0.15, 0.2) is 0 Å². The Morgan fingerprint density at radius 3 is 2.52 bits per heavy atom. The molecule has 4 rings (SSSR count). The molecule has 3 aromatic carbocycles. The van der Waals surface area contributed by atoms with Gasteiger partial charge in [0.2, 0.25) is 5.91 Å². The molecule has 1 aliphatic heterocycles. The van der Waals surface area contributed by atoms with E-state index in [0.29, 0.717) is 16.3 Å². The topological polar surface area (TPSA) is 92.5 Å². The van der Waals surface area contributed by atoms with Gasteiger partial charge in [-0.2, -0.15) is 0 Å². The number of anilines is 1. The van der Waals surface area contributed by atoms with E-state index in [1.165, 1.54) is 17.0 Å². The SMILES string of the molecule is O=C1CN(C(=O)c2ccc(Cl)c([N+](=O)[O-])c2)C(c2ccccc2)c2cc(Cl)ccc2N1. The molecular formula is C22H15Cl2N3O4. The van der Waals surface area contributed by atoms with E-state index in [2.05, 4.69) is 5.32 Å². The zero-order valence-electron chi connectivity index (χ0n) is 15.9. The molecule has 0 saturated carbocycles. The minimum Gasteiger partial charge on any atom is -0.324 e. The van der Waals surface area contributed by atoms with Crippen LogP contribution in [0, 0.1) is 10.1 Å². The van der Waals surface area contributed by atoms with Gasteiger partial charge in [0, 0.05) is 27.9 Å². The lowest BCUT2D eigenvalue weighted by molar-refractivity contribution is -0.384. The standard InChI is InChI=1S/C22H15Cl2N3O4/c23-15-7-9-18-16(11-15)21(13-4-2-1-3-5-13)26(12-20(28)25-18)22(29)14-6-8-17(24)19(10-14)27(30)31/h1-11,21H,12H2,(H,25,28). The number of carbonyl (C=O) groups is 2. The molecule has 3 aromatic rings. The number of amides is 2. The molecule has 9 heteroatoms. The first-order valence-electron chi connectivity index (χ1n) is 9.24. The van der Waals surface area contributed by atoms with Crippen LogP contribution in [0.25, 0.3) is 0 Å². The number of rotatable bonds is 3. The number of hydrogen-bond donors (Lipinski definition) is 1. The third kappa shape index (κ3) is 4.10. The summed E-state index contributed by atoms with van der Waals surface area (Å²) in [4.78, 5) is 38.1. The predicted molar refractivity (Wildman–Crippen MR) is 118 cm³/mol. The van der Waals surface area contributed by atoms with Crippen molar-refractivity contribution in [1.29, 1.82) is 0 Å². The fraction of sp³-hybridized carbons (Fsp3) is 0.0909. The van der Waals surface area contributed by atoms with Crippen molar-refractivity contribution in [2.24, 2.45) is 0 Å². The lowest BCUT2D eigenvalue weighted by Gasteiger charge is -2.30. The predicted octanol–water partition coefficient (Wildman–Crippen LogP) is 5.09. The summed E-state index contributed by atoms with van der Waals surface area (Å²) in [7, 11) is 0. The first kappa shape index (κ1) is 20.8. The van der Waals surface area contributed by atoms with Gasteiger partial charge < -0.3 is 10.2 Å². The molecule has 0 aliphatic carbocycles. The molecule has 0 radical (unpaired) electrons. The van der Waals surface area contributed by atoms with Crippen molar-refractivity contribution in [2.45, 2.75) is 6.04 Å². The second-order valence-corrected chi connectivity index (χ2v) is 7.79. The average molecular weight is 456 g/mol. The molecule has 7 nitrogen and oxygen atoms in total. The average Bonchev–Trinajstić information content (AvgIpc) is 2.89. The van der Waals surface area contributed by atoms with E-state index < -0.39 is 16.9 Å². The highest BCUT2D eigenvalue weighted by Crippen LogP contribution is 2.38. The number of benzene rings is 3. The largest absolute Gasteiger partial charge is 0.324 e. The van der Waals surface area contributed by atoms with Crippen molar-refractivity contribution < 1.29 is 14.5 Å². The van der Waals surface area contributed by atoms with Crippen LogP contribution in [0.2, 0.25) is 10.0 Å². The van der Waals surface area contributed by atoms with Crippen molar-refractivity contribution in [1.82, 2.24) is 4.90 Å². The van der Waals surface area contributed by atoms with Crippen molar-refractivity contribution in [3.8, 4) is 0 Å². The van der Waals surface area contributed by atoms with Gasteiger partial charge in [-0.1, -0.05) is 53.5 Å². The van der Waals surface area contributed by atoms with Crippen molar-refractivity contribution >= 4 is 46.4 Å². The Hall–Kier alpha value is -3.42. The van der Waals surface area contributed by atoms with Crippen LogP contribution < -0.4 is 5.32 Å². The summed E-state index contributed by atoms with van der Waals surface area (Å²) in [5.74, 6) is -0.935. The minimum atomic E-state index is -0.655. The molecule has 0 bridgehead atoms. The van der Waals surface area contributed by atoms with E-state index in [4.69, 9.17) is 23.2 Å². The first-order chi connectivity index (χ1) is 14.8. The van der Waals surface area contributed by atoms with Crippen LogP contribution >= 0.6 is 23.2 Å². The number of carbonyl (C=O) groups excluding carboxylic acids is 2. The molecule has 1 heterocycles. The molecule has 0 fully saturated rings. The zero-order valence-corrected chi connectivity index (χ0v) is 17.4. The van der Waals surface area contributed by atoms with E-state index in [1.54, 1.807) is 18.2 Å². The summed E-state index contributed by atoms with van der Waals surface area (Å²) in [6, 6.07) is 17.4. The number of halogens is 2. The van der Waals surface area contributed by atoms with Gasteiger partial charge >= 0.3 is 0 Å². The summed E-state index contributed by atoms with van der Waals surface area (Å²) in [6.45, 7) is -0.249. The fourth-order valence-electron chi connectivity index (χ4n) is 3.61. The second kappa shape index (κ2) is 8.37. The molecule has 0 spiro atoms. The number of fused-ring (bicyclic) bond motifs is 1. The van der Waals surface area contributed by atoms with Gasteiger partial charge in [-0.25, -0.2) is 0 Å². The third-order valence-electron chi connectivity index (χ3n) is 4.97. The van der Waals surface area contributed by atoms with Crippen LogP contribution in [0.1, 0.15) is 27.5 Å². The normalized spacial score (nSPS) is 15.6. The van der Waals surface area contributed by atoms with Gasteiger partial charge in [-0.15, -0.1) is 0 Å². The minimum absolute atomic E-state index is 0.0512. The molecule has 1 atom stereocenters. The van der Waals surface area contributed by atoms with Gasteiger partial charge in [0.25, 0.3) is 11.6 Å². The molecule has 156 valence electrons. The summed E-state index contributed by atoms with van der Waals surface area (Å²) >= 11 is 12.1. The van der Waals surface area contributed by atoms with Crippen LogP contribution in [0.15, 0.2) is 66.7 Å². The van der Waals surface area contributed by atoms with Gasteiger partial charge in [0.05, 0.1) is 11.0 Å². The van der Waals surface area contributed by atoms with Gasteiger partial charge in [0.1, 0.15) is 11.6 Å². The molecule has 0 aromatic heterocycles. The third-order valence-corrected chi connectivity index (χ3v) is 5.53. The Morgan fingerprint density at radius 1 is 1.06 bits per heavy atom.